The molecule has 15 heavy (non-hydrogen) atoms. The zero-order chi connectivity index (χ0) is 11.0. The van der Waals surface area contributed by atoms with Crippen molar-refractivity contribution in [3.63, 3.8) is 0 Å². The Bertz CT molecular complexity index is 456. The van der Waals surface area contributed by atoms with Crippen LogP contribution in [0.15, 0.2) is 17.7 Å². The highest BCUT2D eigenvalue weighted by atomic mass is 16.4. The van der Waals surface area contributed by atoms with Crippen LogP contribution in [-0.2, 0) is 11.2 Å². The van der Waals surface area contributed by atoms with Crippen molar-refractivity contribution in [3.8, 4) is 0 Å². The van der Waals surface area contributed by atoms with Gasteiger partial charge in [-0.1, -0.05) is 12.1 Å². The third-order valence-electron chi connectivity index (χ3n) is 3.05. The van der Waals surface area contributed by atoms with E-state index in [9.17, 15) is 4.79 Å². The highest BCUT2D eigenvalue weighted by molar-refractivity contribution is 5.93. The summed E-state index contributed by atoms with van der Waals surface area (Å²) in [6, 6.07) is 4.16. The zero-order valence-corrected chi connectivity index (χ0v) is 9.00. The largest absolute Gasteiger partial charge is 0.478 e. The molecule has 0 atom stereocenters. The van der Waals surface area contributed by atoms with Crippen LogP contribution in [-0.4, -0.2) is 11.1 Å². The summed E-state index contributed by atoms with van der Waals surface area (Å²) in [7, 11) is 0. The van der Waals surface area contributed by atoms with Gasteiger partial charge in [-0.25, -0.2) is 4.79 Å². The molecule has 0 fully saturated rings. The lowest BCUT2D eigenvalue weighted by molar-refractivity contribution is -0.132. The second-order valence-corrected chi connectivity index (χ2v) is 4.07. The Morgan fingerprint density at radius 2 is 1.87 bits per heavy atom. The topological polar surface area (TPSA) is 37.3 Å². The number of carboxylic acid groups (broad SMARTS) is 1. The molecule has 1 N–H and O–H groups in total. The van der Waals surface area contributed by atoms with Gasteiger partial charge in [0.2, 0.25) is 0 Å². The van der Waals surface area contributed by atoms with Crippen LogP contribution in [0.2, 0.25) is 0 Å². The fraction of sp³-hybridized carbons (Fsp3) is 0.308. The Hall–Kier alpha value is -1.57. The van der Waals surface area contributed by atoms with Gasteiger partial charge in [0.25, 0.3) is 0 Å². The molecule has 2 rings (SSSR count). The number of benzene rings is 1. The first-order valence-corrected chi connectivity index (χ1v) is 5.12. The second-order valence-electron chi connectivity index (χ2n) is 4.07. The maximum absolute atomic E-state index is 10.9. The first-order valence-electron chi connectivity index (χ1n) is 5.12. The summed E-state index contributed by atoms with van der Waals surface area (Å²) in [4.78, 5) is 10.9. The number of carboxylic acids is 1. The Balaban J connectivity index is 2.59. The van der Waals surface area contributed by atoms with E-state index in [4.69, 9.17) is 5.11 Å². The van der Waals surface area contributed by atoms with E-state index in [1.165, 1.54) is 11.1 Å². The SMILES string of the molecule is Cc1ccc(C)c2c1C=C(C(=O)O)CC2. The fourth-order valence-electron chi connectivity index (χ4n) is 2.10. The third kappa shape index (κ3) is 1.67. The molecule has 1 aromatic rings. The van der Waals surface area contributed by atoms with E-state index in [-0.39, 0.29) is 0 Å². The van der Waals surface area contributed by atoms with Crippen molar-refractivity contribution in [2.75, 3.05) is 0 Å². The van der Waals surface area contributed by atoms with Crippen LogP contribution in [0.4, 0.5) is 0 Å². The van der Waals surface area contributed by atoms with Gasteiger partial charge in [0, 0.05) is 5.57 Å². The van der Waals surface area contributed by atoms with Crippen LogP contribution in [0, 0.1) is 13.8 Å². The highest BCUT2D eigenvalue weighted by Gasteiger charge is 2.17. The van der Waals surface area contributed by atoms with Crippen molar-refractivity contribution in [1.29, 1.82) is 0 Å². The first kappa shape index (κ1) is 9.97. The lowest BCUT2D eigenvalue weighted by Gasteiger charge is -2.18. The first-order chi connectivity index (χ1) is 7.09. The van der Waals surface area contributed by atoms with E-state index in [1.807, 2.05) is 13.0 Å². The number of hydrogen-bond donors (Lipinski definition) is 1. The molecule has 0 amide bonds. The highest BCUT2D eigenvalue weighted by Crippen LogP contribution is 2.28. The third-order valence-corrected chi connectivity index (χ3v) is 3.05. The van der Waals surface area contributed by atoms with Crippen LogP contribution in [0.5, 0.6) is 0 Å². The molecule has 0 heterocycles. The molecular formula is C13H14O2. The van der Waals surface area contributed by atoms with Gasteiger partial charge in [-0.3, -0.25) is 0 Å². The molecule has 0 saturated heterocycles. The lowest BCUT2D eigenvalue weighted by atomic mass is 9.87. The van der Waals surface area contributed by atoms with Gasteiger partial charge in [0.1, 0.15) is 0 Å². The maximum Gasteiger partial charge on any atom is 0.331 e. The van der Waals surface area contributed by atoms with Gasteiger partial charge >= 0.3 is 5.97 Å². The summed E-state index contributed by atoms with van der Waals surface area (Å²) < 4.78 is 0. The van der Waals surface area contributed by atoms with Crippen molar-refractivity contribution in [3.05, 3.63) is 40.0 Å². The van der Waals surface area contributed by atoms with Crippen LogP contribution >= 0.6 is 0 Å². The normalized spacial score (nSPS) is 14.4. The monoisotopic (exact) mass is 202 g/mol. The molecule has 78 valence electrons. The summed E-state index contributed by atoms with van der Waals surface area (Å²) >= 11 is 0. The molecule has 0 saturated carbocycles. The molecule has 0 bridgehead atoms. The van der Waals surface area contributed by atoms with Crippen LogP contribution in [0.25, 0.3) is 6.08 Å². The molecule has 1 aliphatic carbocycles. The number of aliphatic carboxylic acids is 1. The average molecular weight is 202 g/mol. The predicted molar refractivity (Wildman–Crippen MR) is 59.8 cm³/mol. The van der Waals surface area contributed by atoms with Gasteiger partial charge in [0.15, 0.2) is 0 Å². The summed E-state index contributed by atoms with van der Waals surface area (Å²) in [6.07, 6.45) is 3.32. The van der Waals surface area contributed by atoms with Gasteiger partial charge in [-0.2, -0.15) is 0 Å². The van der Waals surface area contributed by atoms with Gasteiger partial charge < -0.3 is 5.11 Å². The van der Waals surface area contributed by atoms with Crippen molar-refractivity contribution in [1.82, 2.24) is 0 Å². The van der Waals surface area contributed by atoms with E-state index in [1.54, 1.807) is 0 Å². The molecule has 0 spiro atoms. The molecule has 0 radical (unpaired) electrons. The van der Waals surface area contributed by atoms with Gasteiger partial charge in [0.05, 0.1) is 0 Å². The van der Waals surface area contributed by atoms with Crippen LogP contribution in [0.1, 0.15) is 28.7 Å². The Kier molecular flexibility index (Phi) is 2.35. The minimum atomic E-state index is -0.790. The molecule has 0 aliphatic heterocycles. The Labute approximate surface area is 89.2 Å². The molecular weight excluding hydrogens is 188 g/mol. The summed E-state index contributed by atoms with van der Waals surface area (Å²) in [5.41, 5.74) is 5.36. The van der Waals surface area contributed by atoms with E-state index < -0.39 is 5.97 Å². The predicted octanol–water partition coefficient (Wildman–Crippen LogP) is 2.72. The van der Waals surface area contributed by atoms with E-state index in [2.05, 4.69) is 19.1 Å². The van der Waals surface area contributed by atoms with Crippen LogP contribution in [0.3, 0.4) is 0 Å². The average Bonchev–Trinajstić information content (AvgIpc) is 2.23. The van der Waals surface area contributed by atoms with Crippen molar-refractivity contribution in [2.24, 2.45) is 0 Å². The molecule has 1 aromatic carbocycles. The Morgan fingerprint density at radius 1 is 1.20 bits per heavy atom. The smallest absolute Gasteiger partial charge is 0.331 e. The number of hydrogen-bond acceptors (Lipinski definition) is 1. The molecule has 0 unspecified atom stereocenters. The summed E-state index contributed by atoms with van der Waals surface area (Å²) in [5, 5.41) is 8.96. The second kappa shape index (κ2) is 3.54. The number of carbonyl (C=O) groups is 1. The zero-order valence-electron chi connectivity index (χ0n) is 9.00. The molecule has 1 aliphatic rings. The van der Waals surface area contributed by atoms with E-state index >= 15 is 0 Å². The maximum atomic E-state index is 10.9. The van der Waals surface area contributed by atoms with Gasteiger partial charge in [-0.15, -0.1) is 0 Å². The molecule has 0 aromatic heterocycles. The quantitative estimate of drug-likeness (QED) is 0.760. The van der Waals surface area contributed by atoms with Crippen molar-refractivity contribution < 1.29 is 9.90 Å². The number of rotatable bonds is 1. The minimum Gasteiger partial charge on any atom is -0.478 e. The lowest BCUT2D eigenvalue weighted by Crippen LogP contribution is -2.09. The number of fused-ring (bicyclic) bond motifs is 1. The van der Waals surface area contributed by atoms with Crippen molar-refractivity contribution in [2.45, 2.75) is 26.7 Å². The summed E-state index contributed by atoms with van der Waals surface area (Å²) in [6.45, 7) is 4.11. The Morgan fingerprint density at radius 3 is 2.53 bits per heavy atom. The molecule has 2 nitrogen and oxygen atoms in total. The summed E-state index contributed by atoms with van der Waals surface area (Å²) in [5.74, 6) is -0.790. The molecule has 2 heteroatoms. The van der Waals surface area contributed by atoms with Crippen molar-refractivity contribution >= 4 is 12.0 Å². The standard InChI is InChI=1S/C13H14O2/c1-8-3-4-9(2)12-7-10(13(14)15)5-6-11(8)12/h3-4,7H,5-6H2,1-2H3,(H,14,15). The minimum absolute atomic E-state index is 0.524. The van der Waals surface area contributed by atoms with E-state index in [0.717, 1.165) is 17.5 Å². The van der Waals surface area contributed by atoms with Crippen LogP contribution < -0.4 is 0 Å². The number of aryl methyl sites for hydroxylation is 2. The van der Waals surface area contributed by atoms with Gasteiger partial charge in [-0.05, 0) is 55.0 Å². The fourth-order valence-corrected chi connectivity index (χ4v) is 2.10. The van der Waals surface area contributed by atoms with E-state index in [0.29, 0.717) is 12.0 Å².